The zero-order valence-corrected chi connectivity index (χ0v) is 12.5. The van der Waals surface area contributed by atoms with Gasteiger partial charge in [0, 0.05) is 24.9 Å². The van der Waals surface area contributed by atoms with E-state index in [0.29, 0.717) is 19.0 Å². The van der Waals surface area contributed by atoms with Crippen molar-refractivity contribution in [2.45, 2.75) is 18.9 Å². The topological polar surface area (TPSA) is 64.6 Å². The highest BCUT2D eigenvalue weighted by Gasteiger charge is 2.24. The van der Waals surface area contributed by atoms with Gasteiger partial charge in [0.25, 0.3) is 0 Å². The summed E-state index contributed by atoms with van der Waals surface area (Å²) in [5.41, 5.74) is 0.891. The van der Waals surface area contributed by atoms with Gasteiger partial charge in [-0.2, -0.15) is 0 Å². The molecule has 112 valence electrons. The van der Waals surface area contributed by atoms with Crippen molar-refractivity contribution in [1.29, 1.82) is 0 Å². The normalized spacial score (nSPS) is 21.4. The Morgan fingerprint density at radius 2 is 2.20 bits per heavy atom. The molecule has 1 fully saturated rings. The molecule has 20 heavy (non-hydrogen) atoms. The minimum Gasteiger partial charge on any atom is -0.491 e. The molecule has 1 aliphatic rings. The molecule has 1 atom stereocenters. The fourth-order valence-corrected chi connectivity index (χ4v) is 3.93. The van der Waals surface area contributed by atoms with Gasteiger partial charge in [0.05, 0.1) is 18.1 Å². The SMILES string of the molecule is COCCOc1cccc(NC2CCCS(=O)(=O)C2)c1. The molecule has 1 heterocycles. The number of anilines is 1. The Morgan fingerprint density at radius 3 is 2.95 bits per heavy atom. The lowest BCUT2D eigenvalue weighted by molar-refractivity contribution is 0.146. The van der Waals surface area contributed by atoms with Crippen molar-refractivity contribution in [2.24, 2.45) is 0 Å². The molecule has 1 unspecified atom stereocenters. The lowest BCUT2D eigenvalue weighted by Gasteiger charge is -2.24. The Labute approximate surface area is 120 Å². The van der Waals surface area contributed by atoms with Crippen LogP contribution in [0, 0.1) is 0 Å². The van der Waals surface area contributed by atoms with E-state index in [9.17, 15) is 8.42 Å². The Balaban J connectivity index is 1.93. The van der Waals surface area contributed by atoms with Gasteiger partial charge in [-0.05, 0) is 25.0 Å². The Morgan fingerprint density at radius 1 is 1.35 bits per heavy atom. The molecule has 1 saturated heterocycles. The lowest BCUT2D eigenvalue weighted by atomic mass is 10.1. The minimum atomic E-state index is -2.89. The van der Waals surface area contributed by atoms with E-state index in [-0.39, 0.29) is 11.8 Å². The summed E-state index contributed by atoms with van der Waals surface area (Å²) in [5, 5.41) is 3.28. The number of nitrogens with one attached hydrogen (secondary N) is 1. The molecule has 1 aliphatic heterocycles. The molecule has 0 aliphatic carbocycles. The summed E-state index contributed by atoms with van der Waals surface area (Å²) in [6, 6.07) is 7.56. The summed E-state index contributed by atoms with van der Waals surface area (Å²) in [7, 11) is -1.26. The van der Waals surface area contributed by atoms with Crippen molar-refractivity contribution in [3.05, 3.63) is 24.3 Å². The standard InChI is InChI=1S/C14H21NO4S/c1-18-7-8-19-14-6-2-4-12(10-14)15-13-5-3-9-20(16,17)11-13/h2,4,6,10,13,15H,3,5,7-9,11H2,1H3. The molecular weight excluding hydrogens is 278 g/mol. The number of benzene rings is 1. The first-order chi connectivity index (χ1) is 9.59. The molecule has 1 aromatic rings. The van der Waals surface area contributed by atoms with Crippen LogP contribution in [-0.2, 0) is 14.6 Å². The fourth-order valence-electron chi connectivity index (χ4n) is 2.29. The molecule has 0 saturated carbocycles. The van der Waals surface area contributed by atoms with Crippen molar-refractivity contribution < 1.29 is 17.9 Å². The maximum Gasteiger partial charge on any atom is 0.152 e. The number of hydrogen-bond acceptors (Lipinski definition) is 5. The van der Waals surface area contributed by atoms with E-state index in [0.717, 1.165) is 24.3 Å². The number of ether oxygens (including phenoxy) is 2. The molecule has 0 spiro atoms. The molecule has 1 aromatic carbocycles. The first kappa shape index (κ1) is 15.1. The van der Waals surface area contributed by atoms with Crippen LogP contribution >= 0.6 is 0 Å². The summed E-state index contributed by atoms with van der Waals surface area (Å²) in [5.74, 6) is 1.28. The lowest BCUT2D eigenvalue weighted by Crippen LogP contribution is -2.34. The number of hydrogen-bond donors (Lipinski definition) is 1. The molecular formula is C14H21NO4S. The van der Waals surface area contributed by atoms with E-state index in [1.807, 2.05) is 24.3 Å². The highest BCUT2D eigenvalue weighted by Crippen LogP contribution is 2.21. The first-order valence-electron chi connectivity index (χ1n) is 6.78. The predicted molar refractivity (Wildman–Crippen MR) is 79.1 cm³/mol. The third-order valence-electron chi connectivity index (χ3n) is 3.22. The van der Waals surface area contributed by atoms with E-state index < -0.39 is 9.84 Å². The van der Waals surface area contributed by atoms with Gasteiger partial charge in [-0.3, -0.25) is 0 Å². The fraction of sp³-hybridized carbons (Fsp3) is 0.571. The van der Waals surface area contributed by atoms with Crippen LogP contribution in [0.2, 0.25) is 0 Å². The maximum atomic E-state index is 11.6. The van der Waals surface area contributed by atoms with Crippen molar-refractivity contribution in [1.82, 2.24) is 0 Å². The zero-order chi connectivity index (χ0) is 14.4. The van der Waals surface area contributed by atoms with E-state index in [1.165, 1.54) is 0 Å². The van der Waals surface area contributed by atoms with Crippen LogP contribution in [0.1, 0.15) is 12.8 Å². The third-order valence-corrected chi connectivity index (χ3v) is 5.04. The third kappa shape index (κ3) is 4.68. The van der Waals surface area contributed by atoms with Gasteiger partial charge in [-0.15, -0.1) is 0 Å². The van der Waals surface area contributed by atoms with Crippen LogP contribution in [0.4, 0.5) is 5.69 Å². The van der Waals surface area contributed by atoms with Gasteiger partial charge < -0.3 is 14.8 Å². The maximum absolute atomic E-state index is 11.6. The van der Waals surface area contributed by atoms with Crippen LogP contribution in [0.3, 0.4) is 0 Å². The van der Waals surface area contributed by atoms with E-state index in [2.05, 4.69) is 5.32 Å². The van der Waals surface area contributed by atoms with Crippen molar-refractivity contribution in [3.63, 3.8) is 0 Å². The molecule has 0 radical (unpaired) electrons. The van der Waals surface area contributed by atoms with Gasteiger partial charge >= 0.3 is 0 Å². The molecule has 0 amide bonds. The van der Waals surface area contributed by atoms with Gasteiger partial charge in [0.2, 0.25) is 0 Å². The summed E-state index contributed by atoms with van der Waals surface area (Å²) >= 11 is 0. The molecule has 1 N–H and O–H groups in total. The summed E-state index contributed by atoms with van der Waals surface area (Å²) < 4.78 is 33.7. The van der Waals surface area contributed by atoms with Crippen LogP contribution in [0.25, 0.3) is 0 Å². The largest absolute Gasteiger partial charge is 0.491 e. The molecule has 2 rings (SSSR count). The second-order valence-electron chi connectivity index (χ2n) is 4.97. The predicted octanol–water partition coefficient (Wildman–Crippen LogP) is 1.70. The van der Waals surface area contributed by atoms with Crippen LogP contribution < -0.4 is 10.1 Å². The molecule has 0 aromatic heterocycles. The average Bonchev–Trinajstić information content (AvgIpc) is 2.38. The number of sulfone groups is 1. The number of rotatable bonds is 6. The van der Waals surface area contributed by atoms with Gasteiger partial charge in [0.1, 0.15) is 12.4 Å². The Bertz CT molecular complexity index is 530. The average molecular weight is 299 g/mol. The summed E-state index contributed by atoms with van der Waals surface area (Å²) in [4.78, 5) is 0. The Kier molecular flexibility index (Phi) is 5.25. The van der Waals surface area contributed by atoms with Crippen molar-refractivity contribution in [2.75, 3.05) is 37.1 Å². The van der Waals surface area contributed by atoms with Crippen molar-refractivity contribution >= 4 is 15.5 Å². The quantitative estimate of drug-likeness (QED) is 0.810. The van der Waals surface area contributed by atoms with Crippen LogP contribution in [-0.4, -0.2) is 46.3 Å². The molecule has 5 nitrogen and oxygen atoms in total. The van der Waals surface area contributed by atoms with Gasteiger partial charge in [0.15, 0.2) is 9.84 Å². The Hall–Kier alpha value is -1.27. The zero-order valence-electron chi connectivity index (χ0n) is 11.7. The summed E-state index contributed by atoms with van der Waals surface area (Å²) in [6.07, 6.45) is 1.61. The first-order valence-corrected chi connectivity index (χ1v) is 8.60. The van der Waals surface area contributed by atoms with E-state index in [1.54, 1.807) is 7.11 Å². The number of methoxy groups -OCH3 is 1. The second kappa shape index (κ2) is 6.95. The van der Waals surface area contributed by atoms with Crippen LogP contribution in [0.15, 0.2) is 24.3 Å². The molecule has 6 heteroatoms. The summed E-state index contributed by atoms with van der Waals surface area (Å²) in [6.45, 7) is 1.04. The highest BCUT2D eigenvalue weighted by atomic mass is 32.2. The molecule has 0 bridgehead atoms. The smallest absolute Gasteiger partial charge is 0.152 e. The van der Waals surface area contributed by atoms with Gasteiger partial charge in [-0.25, -0.2) is 8.42 Å². The second-order valence-corrected chi connectivity index (χ2v) is 7.20. The van der Waals surface area contributed by atoms with Gasteiger partial charge in [-0.1, -0.05) is 6.07 Å². The van der Waals surface area contributed by atoms with Crippen LogP contribution in [0.5, 0.6) is 5.75 Å². The van der Waals surface area contributed by atoms with E-state index in [4.69, 9.17) is 9.47 Å². The highest BCUT2D eigenvalue weighted by molar-refractivity contribution is 7.91. The van der Waals surface area contributed by atoms with Crippen molar-refractivity contribution in [3.8, 4) is 5.75 Å². The van der Waals surface area contributed by atoms with E-state index >= 15 is 0 Å². The minimum absolute atomic E-state index is 0.0111. The monoisotopic (exact) mass is 299 g/mol.